The number of ether oxygens (including phenoxy) is 2. The number of nitrogens with two attached hydrogens (primary N) is 1. The van der Waals surface area contributed by atoms with Crippen LogP contribution in [-0.2, 0) is 6.42 Å². The number of nitrogens with zero attached hydrogens (tertiary/aromatic N) is 1. The number of methoxy groups -OCH3 is 1. The van der Waals surface area contributed by atoms with Crippen LogP contribution in [0.25, 0.3) is 0 Å². The van der Waals surface area contributed by atoms with E-state index in [2.05, 4.69) is 4.98 Å². The molecule has 0 fully saturated rings. The molecule has 0 aliphatic carbocycles. The Morgan fingerprint density at radius 2 is 2.00 bits per heavy atom. The smallest absolute Gasteiger partial charge is 0.161 e. The lowest BCUT2D eigenvalue weighted by Gasteiger charge is -2.09. The van der Waals surface area contributed by atoms with E-state index in [4.69, 9.17) is 15.2 Å². The molecule has 1 aromatic heterocycles. The lowest BCUT2D eigenvalue weighted by atomic mass is 10.2. The highest BCUT2D eigenvalue weighted by molar-refractivity contribution is 7.11. The van der Waals surface area contributed by atoms with Gasteiger partial charge in [0.25, 0.3) is 0 Å². The average Bonchev–Trinajstić information content (AvgIpc) is 2.80. The zero-order valence-corrected chi connectivity index (χ0v) is 12.9. The predicted molar refractivity (Wildman–Crippen MR) is 81.6 cm³/mol. The summed E-state index contributed by atoms with van der Waals surface area (Å²) in [7, 11) is 1.64. The van der Waals surface area contributed by atoms with Crippen LogP contribution in [0.2, 0.25) is 0 Å². The largest absolute Gasteiger partial charge is 0.493 e. The van der Waals surface area contributed by atoms with Gasteiger partial charge in [-0.25, -0.2) is 4.98 Å². The molecule has 1 unspecified atom stereocenters. The lowest BCUT2D eigenvalue weighted by molar-refractivity contribution is 0.297. The minimum atomic E-state index is 0.0383. The summed E-state index contributed by atoms with van der Waals surface area (Å²) in [4.78, 5) is 5.68. The first kappa shape index (κ1) is 14.8. The van der Waals surface area contributed by atoms with Gasteiger partial charge in [-0.1, -0.05) is 12.1 Å². The molecule has 0 saturated carbocycles. The molecule has 2 N–H and O–H groups in total. The molecule has 108 valence electrons. The summed E-state index contributed by atoms with van der Waals surface area (Å²) in [6.07, 6.45) is 0.774. The van der Waals surface area contributed by atoms with Gasteiger partial charge in [0.2, 0.25) is 0 Å². The second kappa shape index (κ2) is 6.72. The van der Waals surface area contributed by atoms with Gasteiger partial charge in [-0.2, -0.15) is 0 Å². The third-order valence-electron chi connectivity index (χ3n) is 2.93. The number of thiazole rings is 1. The van der Waals surface area contributed by atoms with Crippen molar-refractivity contribution in [2.75, 3.05) is 13.7 Å². The fourth-order valence-electron chi connectivity index (χ4n) is 1.98. The Hall–Kier alpha value is -1.59. The van der Waals surface area contributed by atoms with Crippen molar-refractivity contribution in [2.45, 2.75) is 26.3 Å². The summed E-state index contributed by atoms with van der Waals surface area (Å²) in [5.74, 6) is 1.51. The Morgan fingerprint density at radius 3 is 2.60 bits per heavy atom. The fraction of sp³-hybridized carbons (Fsp3) is 0.400. The number of benzene rings is 1. The van der Waals surface area contributed by atoms with Crippen molar-refractivity contribution in [3.05, 3.63) is 39.8 Å². The van der Waals surface area contributed by atoms with E-state index in [1.54, 1.807) is 18.4 Å². The molecule has 0 bridgehead atoms. The molecule has 1 aromatic carbocycles. The first-order valence-electron chi connectivity index (χ1n) is 6.59. The van der Waals surface area contributed by atoms with E-state index in [9.17, 15) is 0 Å². The van der Waals surface area contributed by atoms with Crippen molar-refractivity contribution >= 4 is 11.3 Å². The zero-order chi connectivity index (χ0) is 14.5. The number of aryl methyl sites for hydroxylation is 1. The Bertz CT molecular complexity index is 567. The Balaban J connectivity index is 1.94. The number of aromatic nitrogens is 1. The first-order chi connectivity index (χ1) is 9.61. The third kappa shape index (κ3) is 3.49. The van der Waals surface area contributed by atoms with E-state index in [-0.39, 0.29) is 6.04 Å². The number of para-hydroxylation sites is 2. The Kier molecular flexibility index (Phi) is 4.98. The van der Waals surface area contributed by atoms with Crippen molar-refractivity contribution in [1.29, 1.82) is 0 Å². The molecule has 0 aliphatic rings. The van der Waals surface area contributed by atoms with Gasteiger partial charge in [0, 0.05) is 17.3 Å². The van der Waals surface area contributed by atoms with E-state index < -0.39 is 0 Å². The molecule has 1 heterocycles. The zero-order valence-electron chi connectivity index (χ0n) is 12.1. The van der Waals surface area contributed by atoms with E-state index in [0.29, 0.717) is 6.61 Å². The highest BCUT2D eigenvalue weighted by Gasteiger charge is 2.11. The maximum atomic E-state index is 5.91. The monoisotopic (exact) mass is 292 g/mol. The van der Waals surface area contributed by atoms with E-state index >= 15 is 0 Å². The summed E-state index contributed by atoms with van der Waals surface area (Å²) in [5, 5.41) is 1.06. The van der Waals surface area contributed by atoms with Crippen LogP contribution >= 0.6 is 11.3 Å². The molecule has 2 rings (SSSR count). The minimum absolute atomic E-state index is 0.0383. The fourth-order valence-corrected chi connectivity index (χ4v) is 2.98. The lowest BCUT2D eigenvalue weighted by Crippen LogP contribution is -2.03. The molecule has 5 heteroatoms. The molecule has 2 aromatic rings. The maximum absolute atomic E-state index is 5.91. The molecule has 20 heavy (non-hydrogen) atoms. The molecule has 0 amide bonds. The standard InChI is InChI=1S/C15H20N2O2S/c1-10(16)15-11(2)17-14(20-15)8-9-19-13-7-5-4-6-12(13)18-3/h4-7,10H,8-9,16H2,1-3H3. The van der Waals surface area contributed by atoms with Gasteiger partial charge in [0.15, 0.2) is 11.5 Å². The van der Waals surface area contributed by atoms with E-state index in [0.717, 1.165) is 33.5 Å². The van der Waals surface area contributed by atoms with Gasteiger partial charge in [-0.05, 0) is 26.0 Å². The predicted octanol–water partition coefficient (Wildman–Crippen LogP) is 3.10. The van der Waals surface area contributed by atoms with Crippen LogP contribution in [0.3, 0.4) is 0 Å². The molecule has 0 radical (unpaired) electrons. The van der Waals surface area contributed by atoms with Crippen molar-refractivity contribution in [3.63, 3.8) is 0 Å². The first-order valence-corrected chi connectivity index (χ1v) is 7.41. The van der Waals surface area contributed by atoms with Gasteiger partial charge in [0.05, 0.1) is 24.4 Å². The van der Waals surface area contributed by atoms with Crippen LogP contribution in [0.1, 0.15) is 28.5 Å². The van der Waals surface area contributed by atoms with Gasteiger partial charge < -0.3 is 15.2 Å². The maximum Gasteiger partial charge on any atom is 0.161 e. The molecule has 0 saturated heterocycles. The van der Waals surface area contributed by atoms with Gasteiger partial charge in [-0.3, -0.25) is 0 Å². The molecular weight excluding hydrogens is 272 g/mol. The van der Waals surface area contributed by atoms with Crippen LogP contribution in [0.15, 0.2) is 24.3 Å². The summed E-state index contributed by atoms with van der Waals surface area (Å²) in [5.41, 5.74) is 6.93. The number of hydrogen-bond donors (Lipinski definition) is 1. The van der Waals surface area contributed by atoms with Crippen molar-refractivity contribution in [3.8, 4) is 11.5 Å². The van der Waals surface area contributed by atoms with E-state index in [1.807, 2.05) is 38.1 Å². The summed E-state index contributed by atoms with van der Waals surface area (Å²) < 4.78 is 11.0. The SMILES string of the molecule is COc1ccccc1OCCc1nc(C)c(C(C)N)s1. The van der Waals surface area contributed by atoms with Crippen molar-refractivity contribution in [2.24, 2.45) is 5.73 Å². The van der Waals surface area contributed by atoms with Gasteiger partial charge in [0.1, 0.15) is 0 Å². The van der Waals surface area contributed by atoms with Crippen molar-refractivity contribution < 1.29 is 9.47 Å². The minimum Gasteiger partial charge on any atom is -0.493 e. The van der Waals surface area contributed by atoms with Crippen LogP contribution in [0.4, 0.5) is 0 Å². The molecule has 0 aliphatic heterocycles. The second-order valence-corrected chi connectivity index (χ2v) is 5.71. The van der Waals surface area contributed by atoms with Crippen LogP contribution in [0.5, 0.6) is 11.5 Å². The summed E-state index contributed by atoms with van der Waals surface area (Å²) in [6, 6.07) is 7.68. The van der Waals surface area contributed by atoms with Crippen LogP contribution in [-0.4, -0.2) is 18.7 Å². The normalized spacial score (nSPS) is 12.2. The molecule has 1 atom stereocenters. The molecule has 0 spiro atoms. The van der Waals surface area contributed by atoms with Crippen LogP contribution < -0.4 is 15.2 Å². The van der Waals surface area contributed by atoms with Crippen molar-refractivity contribution in [1.82, 2.24) is 4.98 Å². The topological polar surface area (TPSA) is 57.4 Å². The molecular formula is C15H20N2O2S. The number of hydrogen-bond acceptors (Lipinski definition) is 5. The highest BCUT2D eigenvalue weighted by Crippen LogP contribution is 2.27. The summed E-state index contributed by atoms with van der Waals surface area (Å²) >= 11 is 1.67. The number of rotatable bonds is 6. The Labute approximate surface area is 123 Å². The van der Waals surface area contributed by atoms with E-state index in [1.165, 1.54) is 0 Å². The van der Waals surface area contributed by atoms with Crippen LogP contribution in [0, 0.1) is 6.92 Å². The average molecular weight is 292 g/mol. The third-order valence-corrected chi connectivity index (χ3v) is 4.35. The second-order valence-electron chi connectivity index (χ2n) is 4.60. The summed E-state index contributed by atoms with van der Waals surface area (Å²) in [6.45, 7) is 4.56. The van der Waals surface area contributed by atoms with Gasteiger partial charge >= 0.3 is 0 Å². The quantitative estimate of drug-likeness (QED) is 0.889. The molecule has 4 nitrogen and oxygen atoms in total. The highest BCUT2D eigenvalue weighted by atomic mass is 32.1. The van der Waals surface area contributed by atoms with Gasteiger partial charge in [-0.15, -0.1) is 11.3 Å². The Morgan fingerprint density at radius 1 is 1.30 bits per heavy atom.